The molecule has 0 atom stereocenters. The van der Waals surface area contributed by atoms with Gasteiger partial charge in [0.05, 0.1) is 0 Å². The molecule has 0 aliphatic rings. The van der Waals surface area contributed by atoms with Crippen molar-refractivity contribution in [2.45, 2.75) is 279 Å². The SMILES string of the molecule is CC(C)[O-].CC(C)[O-].CC(C)[O-].CC(C)[O-].CC(C)[O-].CC(C)[O-].CC(C)[O-].CC(C)[O-].CC(C)[O-].CC(C)[O-].CC(C)[O-].CC(C)[O-].CC(C)[O-].CC(C)[O-].[Mo].[Mo].[Mo].[Mo].[Nb+5].[Nb+5].[O-2].[O-2].[O-2].[O-2].[O-2].[O-2].[O-2].[O-2]. The van der Waals surface area contributed by atoms with E-state index in [4.69, 9.17) is 0 Å². The van der Waals surface area contributed by atoms with Crippen LogP contribution in [0.25, 0.3) is 0 Å². The Kier molecular flexibility index (Phi) is 478. The molecule has 0 aromatic rings. The van der Waals surface area contributed by atoms with Crippen molar-refractivity contribution in [1.29, 1.82) is 0 Å². The molecule has 0 unspecified atom stereocenters. The molecule has 28 heteroatoms. The summed E-state index contributed by atoms with van der Waals surface area (Å²) in [5.41, 5.74) is 0. The first kappa shape index (κ1) is 187. The minimum absolute atomic E-state index is 0. The number of rotatable bonds is 0. The summed E-state index contributed by atoms with van der Waals surface area (Å²) in [5.74, 6) is 0. The molecule has 0 aliphatic carbocycles. The quantitative estimate of drug-likeness (QED) is 0.207. The first-order valence-corrected chi connectivity index (χ1v) is 19.5. The molecule has 0 aromatic heterocycles. The van der Waals surface area contributed by atoms with Crippen molar-refractivity contribution in [3.05, 3.63) is 0 Å². The molecule has 0 amide bonds. The molecular weight excluding hydrogens is 1430 g/mol. The molecule has 0 N–H and O–H groups in total. The van der Waals surface area contributed by atoms with E-state index in [9.17, 15) is 71.5 Å². The predicted molar refractivity (Wildman–Crippen MR) is 217 cm³/mol. The zero-order valence-corrected chi connectivity index (χ0v) is 60.0. The van der Waals surface area contributed by atoms with Crippen LogP contribution in [0, 0.1) is 0 Å². The van der Waals surface area contributed by atoms with Gasteiger partial charge in [0.2, 0.25) is 0 Å². The van der Waals surface area contributed by atoms with Gasteiger partial charge >= 0.3 is 44.8 Å². The first-order chi connectivity index (χ1) is 24.2. The molecule has 452 valence electrons. The van der Waals surface area contributed by atoms with Crippen LogP contribution in [0.3, 0.4) is 0 Å². The van der Waals surface area contributed by atoms with Crippen molar-refractivity contribution in [3.8, 4) is 0 Å². The van der Waals surface area contributed by atoms with Crippen LogP contribution in [0.5, 0.6) is 0 Å². The fourth-order valence-corrected chi connectivity index (χ4v) is 0. The molecule has 0 aromatic carbocycles. The molecule has 0 heterocycles. The molecule has 0 bridgehead atoms. The predicted octanol–water partition coefficient (Wildman–Crippen LogP) is -4.39. The Morgan fingerprint density at radius 1 is 0.129 bits per heavy atom. The molecule has 0 radical (unpaired) electrons. The van der Waals surface area contributed by atoms with Crippen LogP contribution in [0.1, 0.15) is 194 Å². The number of hydrogen-bond donors (Lipinski definition) is 0. The molecule has 0 rings (SSSR count). The number of hydrogen-bond acceptors (Lipinski definition) is 14. The van der Waals surface area contributed by atoms with Gasteiger partial charge in [-0.1, -0.05) is 194 Å². The second-order valence-electron chi connectivity index (χ2n) is 14.7. The van der Waals surface area contributed by atoms with Crippen LogP contribution in [0.15, 0.2) is 0 Å². The van der Waals surface area contributed by atoms with Crippen molar-refractivity contribution in [1.82, 2.24) is 0 Å². The summed E-state index contributed by atoms with van der Waals surface area (Å²) in [6, 6.07) is 0. The largest absolute Gasteiger partial charge is 5.00 e. The van der Waals surface area contributed by atoms with Gasteiger partial charge in [-0.2, -0.15) is 0 Å². The Balaban J connectivity index is -0.0000000103. The van der Waals surface area contributed by atoms with E-state index in [-0.39, 0.29) is 173 Å². The fraction of sp³-hybridized carbons (Fsp3) is 1.00. The van der Waals surface area contributed by atoms with Gasteiger partial charge < -0.3 is 115 Å². The maximum absolute atomic E-state index is 9.53. The van der Waals surface area contributed by atoms with E-state index < -0.39 is 85.5 Å². The van der Waals surface area contributed by atoms with E-state index in [0.717, 1.165) is 0 Å². The molecule has 22 nitrogen and oxygen atoms in total. The van der Waals surface area contributed by atoms with Crippen LogP contribution in [0.2, 0.25) is 0 Å². The summed E-state index contributed by atoms with van der Waals surface area (Å²) in [7, 11) is 0. The minimum Gasteiger partial charge on any atom is -2.00 e. The summed E-state index contributed by atoms with van der Waals surface area (Å²) >= 11 is 0. The van der Waals surface area contributed by atoms with E-state index >= 15 is 0 Å². The van der Waals surface area contributed by atoms with E-state index in [0.29, 0.717) is 0 Å². The fourth-order valence-electron chi connectivity index (χ4n) is 0. The zero-order valence-electron chi connectivity index (χ0n) is 47.6. The van der Waals surface area contributed by atoms with E-state index in [1.807, 2.05) is 0 Å². The summed E-state index contributed by atoms with van der Waals surface area (Å²) in [5, 5.41) is 133. The second kappa shape index (κ2) is 179. The third-order valence-electron chi connectivity index (χ3n) is 0. The second-order valence-corrected chi connectivity index (χ2v) is 14.7. The molecule has 0 aliphatic heterocycles. The summed E-state index contributed by atoms with van der Waals surface area (Å²) in [6.45, 7) is 45.1. The maximum Gasteiger partial charge on any atom is 5.00 e. The van der Waals surface area contributed by atoms with E-state index in [1.165, 1.54) is 0 Å². The molecular formula is C42H98Mo4Nb2O22-20. The standard InChI is InChI=1S/14C3H7O.4Mo.2Nb.8O/c14*1-3(2)4;;;;;;;;;;;;;;/h14*3H,1-2H3;;;;;;;;;;;;;;/q14*-1;;;;;2*+5;8*-2. The third-order valence-corrected chi connectivity index (χ3v) is 0. The Labute approximate surface area is 519 Å². The Hall–Kier alpha value is 3.35. The average molecular weight is 1520 g/mol. The zero-order chi connectivity index (χ0) is 50.1. The smallest absolute Gasteiger partial charge is 2.00 e. The van der Waals surface area contributed by atoms with Gasteiger partial charge in [0.1, 0.15) is 0 Å². The minimum atomic E-state index is -0.417. The Morgan fingerprint density at radius 3 is 0.129 bits per heavy atom. The molecule has 0 spiro atoms. The summed E-state index contributed by atoms with van der Waals surface area (Å²) < 4.78 is 0. The van der Waals surface area contributed by atoms with Crippen LogP contribution in [-0.4, -0.2) is 85.5 Å². The third kappa shape index (κ3) is 31400. The normalized spacial score (nSPS) is 7.20. The van der Waals surface area contributed by atoms with Gasteiger partial charge in [-0.15, -0.1) is 85.5 Å². The van der Waals surface area contributed by atoms with Crippen molar-refractivity contribution < 1.29 is 244 Å². The van der Waals surface area contributed by atoms with Gasteiger partial charge in [-0.3, -0.25) is 0 Å². The van der Waals surface area contributed by atoms with Crippen molar-refractivity contribution >= 4 is 0 Å². The first-order valence-electron chi connectivity index (χ1n) is 19.5. The topological polar surface area (TPSA) is 551 Å². The van der Waals surface area contributed by atoms with Gasteiger partial charge in [-0.25, -0.2) is 0 Å². The van der Waals surface area contributed by atoms with E-state index in [2.05, 4.69) is 0 Å². The Morgan fingerprint density at radius 2 is 0.129 bits per heavy atom. The van der Waals surface area contributed by atoms with Gasteiger partial charge in [0.15, 0.2) is 0 Å². The molecule has 0 saturated carbocycles. The van der Waals surface area contributed by atoms with Gasteiger partial charge in [-0.05, 0) is 0 Å². The van der Waals surface area contributed by atoms with Crippen LogP contribution >= 0.6 is 0 Å². The monoisotopic (exact) mass is 1530 g/mol. The van der Waals surface area contributed by atoms with Crippen LogP contribution in [0.4, 0.5) is 0 Å². The van der Waals surface area contributed by atoms with Crippen LogP contribution < -0.4 is 71.5 Å². The van der Waals surface area contributed by atoms with E-state index in [1.54, 1.807) is 194 Å². The Bertz CT molecular complexity index is 321. The molecule has 0 saturated heterocycles. The maximum atomic E-state index is 9.53. The van der Waals surface area contributed by atoms with Crippen LogP contribution in [-0.2, 0) is 173 Å². The van der Waals surface area contributed by atoms with Crippen molar-refractivity contribution in [3.63, 3.8) is 0 Å². The van der Waals surface area contributed by atoms with Crippen molar-refractivity contribution in [2.75, 3.05) is 0 Å². The molecule has 0 fully saturated rings. The van der Waals surface area contributed by atoms with Gasteiger partial charge in [0.25, 0.3) is 0 Å². The average Bonchev–Trinajstić information content (AvgIpc) is 2.73. The summed E-state index contributed by atoms with van der Waals surface area (Å²) in [6.07, 6.45) is -5.83. The summed E-state index contributed by atoms with van der Waals surface area (Å²) in [4.78, 5) is 0. The van der Waals surface area contributed by atoms with Crippen molar-refractivity contribution in [2.24, 2.45) is 0 Å². The molecule has 70 heavy (non-hydrogen) atoms. The van der Waals surface area contributed by atoms with Gasteiger partial charge in [0, 0.05) is 84.3 Å².